The van der Waals surface area contributed by atoms with E-state index in [1.54, 1.807) is 13.8 Å². The van der Waals surface area contributed by atoms with Crippen molar-refractivity contribution < 1.29 is 19.1 Å². The van der Waals surface area contributed by atoms with Crippen molar-refractivity contribution >= 4 is 28.9 Å². The van der Waals surface area contributed by atoms with Crippen molar-refractivity contribution in [2.45, 2.75) is 39.7 Å². The smallest absolute Gasteiger partial charge is 0.323 e. The van der Waals surface area contributed by atoms with Crippen LogP contribution in [0.25, 0.3) is 0 Å². The summed E-state index contributed by atoms with van der Waals surface area (Å²) >= 11 is 0. The molecule has 0 rings (SSSR count). The lowest BCUT2D eigenvalue weighted by Crippen LogP contribution is -2.43. The van der Waals surface area contributed by atoms with E-state index in [0.717, 1.165) is 6.42 Å². The Bertz CT molecular complexity index is 236. The number of ether oxygens (including phenoxy) is 2. The van der Waals surface area contributed by atoms with Crippen LogP contribution in [0.15, 0.2) is 0 Å². The SMILES string of the molecule is Br.CCC[C@H](C(=O)OCC)[C@H](N)C(=O)OCC. The van der Waals surface area contributed by atoms with E-state index in [4.69, 9.17) is 15.2 Å². The summed E-state index contributed by atoms with van der Waals surface area (Å²) in [5, 5.41) is 0. The molecule has 0 amide bonds. The molecule has 2 N–H and O–H groups in total. The summed E-state index contributed by atoms with van der Waals surface area (Å²) in [6.07, 6.45) is 1.29. The quantitative estimate of drug-likeness (QED) is 0.720. The second-order valence-corrected chi connectivity index (χ2v) is 3.43. The van der Waals surface area contributed by atoms with E-state index in [0.29, 0.717) is 6.42 Å². The maximum atomic E-state index is 11.6. The zero-order valence-corrected chi connectivity index (χ0v) is 12.3. The first-order chi connectivity index (χ1) is 7.58. The van der Waals surface area contributed by atoms with Gasteiger partial charge in [0.2, 0.25) is 0 Å². The molecule has 2 atom stereocenters. The van der Waals surface area contributed by atoms with Crippen LogP contribution in [0.1, 0.15) is 33.6 Å². The third-order valence-corrected chi connectivity index (χ3v) is 2.18. The van der Waals surface area contributed by atoms with Gasteiger partial charge in [0.15, 0.2) is 0 Å². The molecule has 102 valence electrons. The molecular formula is C11H22BrNO4. The molecule has 0 heterocycles. The number of hydrogen-bond acceptors (Lipinski definition) is 5. The summed E-state index contributed by atoms with van der Waals surface area (Å²) in [6.45, 7) is 5.88. The lowest BCUT2D eigenvalue weighted by atomic mass is 9.95. The van der Waals surface area contributed by atoms with Crippen LogP contribution in [-0.4, -0.2) is 31.2 Å². The van der Waals surface area contributed by atoms with Gasteiger partial charge in [0.1, 0.15) is 6.04 Å². The van der Waals surface area contributed by atoms with Crippen molar-refractivity contribution in [1.29, 1.82) is 0 Å². The van der Waals surface area contributed by atoms with Gasteiger partial charge in [-0.25, -0.2) is 0 Å². The third kappa shape index (κ3) is 6.63. The molecule has 0 radical (unpaired) electrons. The summed E-state index contributed by atoms with van der Waals surface area (Å²) in [6, 6.07) is -0.932. The first-order valence-electron chi connectivity index (χ1n) is 5.67. The van der Waals surface area contributed by atoms with Crippen LogP contribution in [-0.2, 0) is 19.1 Å². The third-order valence-electron chi connectivity index (χ3n) is 2.18. The average Bonchev–Trinajstić information content (AvgIpc) is 2.25. The zero-order chi connectivity index (χ0) is 12.6. The highest BCUT2D eigenvalue weighted by Gasteiger charge is 2.32. The highest BCUT2D eigenvalue weighted by molar-refractivity contribution is 8.93. The number of nitrogens with two attached hydrogens (primary N) is 1. The van der Waals surface area contributed by atoms with Gasteiger partial charge in [-0.2, -0.15) is 0 Å². The van der Waals surface area contributed by atoms with Crippen molar-refractivity contribution in [3.8, 4) is 0 Å². The Morgan fingerprint density at radius 2 is 1.53 bits per heavy atom. The summed E-state index contributed by atoms with van der Waals surface area (Å²) in [4.78, 5) is 23.0. The van der Waals surface area contributed by atoms with Crippen LogP contribution in [0.4, 0.5) is 0 Å². The normalized spacial score (nSPS) is 13.2. The van der Waals surface area contributed by atoms with Crippen LogP contribution in [0.2, 0.25) is 0 Å². The Hall–Kier alpha value is -0.620. The molecule has 6 heteroatoms. The predicted molar refractivity (Wildman–Crippen MR) is 70.0 cm³/mol. The van der Waals surface area contributed by atoms with Gasteiger partial charge in [-0.1, -0.05) is 13.3 Å². The monoisotopic (exact) mass is 311 g/mol. The molecule has 0 aliphatic carbocycles. The summed E-state index contributed by atoms with van der Waals surface area (Å²) < 4.78 is 9.67. The van der Waals surface area contributed by atoms with E-state index >= 15 is 0 Å². The van der Waals surface area contributed by atoms with Gasteiger partial charge in [-0.05, 0) is 20.3 Å². The Morgan fingerprint density at radius 1 is 1.06 bits per heavy atom. The fourth-order valence-electron chi connectivity index (χ4n) is 1.41. The first-order valence-corrected chi connectivity index (χ1v) is 5.67. The Labute approximate surface area is 113 Å². The number of rotatable bonds is 7. The van der Waals surface area contributed by atoms with Gasteiger partial charge in [-0.15, -0.1) is 17.0 Å². The largest absolute Gasteiger partial charge is 0.466 e. The molecule has 0 aromatic rings. The number of carbonyl (C=O) groups is 2. The minimum absolute atomic E-state index is 0. The zero-order valence-electron chi connectivity index (χ0n) is 10.6. The summed E-state index contributed by atoms with van der Waals surface area (Å²) in [7, 11) is 0. The van der Waals surface area contributed by atoms with Gasteiger partial charge >= 0.3 is 11.9 Å². The standard InChI is InChI=1S/C11H21NO4.BrH/c1-4-7-8(10(13)15-5-2)9(12)11(14)16-6-3;/h8-9H,4-7,12H2,1-3H3;1H/t8-,9-;/m0./s1. The molecule has 0 fully saturated rings. The highest BCUT2D eigenvalue weighted by atomic mass is 79.9. The fourth-order valence-corrected chi connectivity index (χ4v) is 1.41. The average molecular weight is 312 g/mol. The molecular weight excluding hydrogens is 290 g/mol. The van der Waals surface area contributed by atoms with Gasteiger partial charge < -0.3 is 15.2 Å². The highest BCUT2D eigenvalue weighted by Crippen LogP contribution is 2.13. The maximum Gasteiger partial charge on any atom is 0.323 e. The van der Waals surface area contributed by atoms with E-state index in [-0.39, 0.29) is 30.2 Å². The van der Waals surface area contributed by atoms with Crippen LogP contribution < -0.4 is 5.73 Å². The second kappa shape index (κ2) is 10.5. The molecule has 0 saturated carbocycles. The molecule has 17 heavy (non-hydrogen) atoms. The van der Waals surface area contributed by atoms with Gasteiger partial charge in [0, 0.05) is 0 Å². The number of hydrogen-bond donors (Lipinski definition) is 1. The van der Waals surface area contributed by atoms with E-state index in [2.05, 4.69) is 0 Å². The molecule has 0 aliphatic heterocycles. The van der Waals surface area contributed by atoms with Crippen molar-refractivity contribution in [2.24, 2.45) is 11.7 Å². The maximum absolute atomic E-state index is 11.6. The van der Waals surface area contributed by atoms with Crippen LogP contribution in [0, 0.1) is 5.92 Å². The lowest BCUT2D eigenvalue weighted by Gasteiger charge is -2.20. The van der Waals surface area contributed by atoms with Crippen LogP contribution >= 0.6 is 17.0 Å². The Balaban J connectivity index is 0. The summed E-state index contributed by atoms with van der Waals surface area (Å²) in [5.74, 6) is -1.58. The minimum atomic E-state index is -0.932. The molecule has 5 nitrogen and oxygen atoms in total. The fraction of sp³-hybridized carbons (Fsp3) is 0.818. The Kier molecular flexibility index (Phi) is 11.6. The molecule has 0 bridgehead atoms. The Morgan fingerprint density at radius 3 is 1.94 bits per heavy atom. The molecule has 0 saturated heterocycles. The van der Waals surface area contributed by atoms with E-state index < -0.39 is 23.9 Å². The van der Waals surface area contributed by atoms with Crippen molar-refractivity contribution in [3.05, 3.63) is 0 Å². The molecule has 0 unspecified atom stereocenters. The number of carbonyl (C=O) groups excluding carboxylic acids is 2. The summed E-state index contributed by atoms with van der Waals surface area (Å²) in [5.41, 5.74) is 5.69. The minimum Gasteiger partial charge on any atom is -0.466 e. The molecule has 0 aromatic carbocycles. The van der Waals surface area contributed by atoms with Crippen molar-refractivity contribution in [3.63, 3.8) is 0 Å². The van der Waals surface area contributed by atoms with E-state index in [1.807, 2.05) is 6.92 Å². The van der Waals surface area contributed by atoms with E-state index in [1.165, 1.54) is 0 Å². The molecule has 0 spiro atoms. The number of halogens is 1. The molecule has 0 aliphatic rings. The van der Waals surface area contributed by atoms with Crippen LogP contribution in [0.5, 0.6) is 0 Å². The molecule has 0 aromatic heterocycles. The van der Waals surface area contributed by atoms with Crippen molar-refractivity contribution in [1.82, 2.24) is 0 Å². The lowest BCUT2D eigenvalue weighted by molar-refractivity contribution is -0.156. The predicted octanol–water partition coefficient (Wildman–Crippen LogP) is 1.43. The topological polar surface area (TPSA) is 78.6 Å². The van der Waals surface area contributed by atoms with Crippen molar-refractivity contribution in [2.75, 3.05) is 13.2 Å². The van der Waals surface area contributed by atoms with Gasteiger partial charge in [0.25, 0.3) is 0 Å². The first kappa shape index (κ1) is 18.7. The number of esters is 2. The van der Waals surface area contributed by atoms with Gasteiger partial charge in [0.05, 0.1) is 19.1 Å². The van der Waals surface area contributed by atoms with Gasteiger partial charge in [-0.3, -0.25) is 9.59 Å². The van der Waals surface area contributed by atoms with E-state index in [9.17, 15) is 9.59 Å². The second-order valence-electron chi connectivity index (χ2n) is 3.43. The van der Waals surface area contributed by atoms with Crippen LogP contribution in [0.3, 0.4) is 0 Å².